The van der Waals surface area contributed by atoms with Crippen molar-refractivity contribution < 1.29 is 4.79 Å². The number of benzene rings is 1. The maximum Gasteiger partial charge on any atom is 0.274 e. The maximum absolute atomic E-state index is 12.8. The molecule has 2 N–H and O–H groups in total. The van der Waals surface area contributed by atoms with Crippen molar-refractivity contribution in [1.82, 2.24) is 14.7 Å². The highest BCUT2D eigenvalue weighted by Gasteiger charge is 2.30. The molecule has 1 amide bonds. The van der Waals surface area contributed by atoms with Crippen molar-refractivity contribution in [2.45, 2.75) is 25.8 Å². The summed E-state index contributed by atoms with van der Waals surface area (Å²) >= 11 is 12.0. The van der Waals surface area contributed by atoms with Crippen molar-refractivity contribution in [3.63, 3.8) is 0 Å². The number of nitrogens with zero attached hydrogens (tertiary/aromatic N) is 3. The van der Waals surface area contributed by atoms with Gasteiger partial charge in [0.1, 0.15) is 0 Å². The van der Waals surface area contributed by atoms with Gasteiger partial charge in [-0.1, -0.05) is 30.1 Å². The Bertz CT molecular complexity index is 746. The molecule has 1 fully saturated rings. The summed E-state index contributed by atoms with van der Waals surface area (Å²) in [4.78, 5) is 14.6. The van der Waals surface area contributed by atoms with Gasteiger partial charge in [-0.2, -0.15) is 5.10 Å². The molecule has 24 heavy (non-hydrogen) atoms. The minimum Gasteiger partial charge on any atom is -0.333 e. The number of carbonyl (C=O) groups excluding carboxylic acids is 1. The Balaban J connectivity index is 1.81. The van der Waals surface area contributed by atoms with Gasteiger partial charge < -0.3 is 10.6 Å². The average molecular weight is 367 g/mol. The summed E-state index contributed by atoms with van der Waals surface area (Å²) in [7, 11) is 0. The minimum absolute atomic E-state index is 0.0730. The zero-order valence-electron chi connectivity index (χ0n) is 13.5. The topological polar surface area (TPSA) is 64.2 Å². The quantitative estimate of drug-likeness (QED) is 0.905. The summed E-state index contributed by atoms with van der Waals surface area (Å²) in [5.74, 6) is 0.521. The van der Waals surface area contributed by atoms with Crippen LogP contribution in [0, 0.1) is 5.92 Å². The SMILES string of the molecule is CC1CCN(C(=O)c2ccn(-c3ccc(Cl)c(Cl)c3)n2)C(CN)C1. The fourth-order valence-electron chi connectivity index (χ4n) is 3.10. The number of nitrogens with two attached hydrogens (primary N) is 1. The lowest BCUT2D eigenvalue weighted by molar-refractivity contribution is 0.0567. The predicted octanol–water partition coefficient (Wildman–Crippen LogP) is 3.38. The lowest BCUT2D eigenvalue weighted by Crippen LogP contribution is -2.49. The average Bonchev–Trinajstić information content (AvgIpc) is 3.06. The second-order valence-corrected chi connectivity index (χ2v) is 7.08. The van der Waals surface area contributed by atoms with Gasteiger partial charge in [0.2, 0.25) is 0 Å². The molecule has 2 heterocycles. The standard InChI is InChI=1S/C17H20Cl2N4O/c1-11-4-6-22(13(8-11)10-20)17(24)16-5-7-23(21-16)12-2-3-14(18)15(19)9-12/h2-3,5,7,9,11,13H,4,6,8,10,20H2,1H3. The van der Waals surface area contributed by atoms with Crippen molar-refractivity contribution in [2.75, 3.05) is 13.1 Å². The van der Waals surface area contributed by atoms with Gasteiger partial charge in [-0.15, -0.1) is 0 Å². The van der Waals surface area contributed by atoms with E-state index >= 15 is 0 Å². The Morgan fingerprint density at radius 1 is 1.33 bits per heavy atom. The van der Waals surface area contributed by atoms with Gasteiger partial charge in [-0.3, -0.25) is 4.79 Å². The highest BCUT2D eigenvalue weighted by Crippen LogP contribution is 2.25. The highest BCUT2D eigenvalue weighted by atomic mass is 35.5. The Morgan fingerprint density at radius 3 is 2.83 bits per heavy atom. The predicted molar refractivity (Wildman–Crippen MR) is 95.9 cm³/mol. The van der Waals surface area contributed by atoms with E-state index in [-0.39, 0.29) is 11.9 Å². The molecule has 2 unspecified atom stereocenters. The number of piperidine rings is 1. The zero-order chi connectivity index (χ0) is 17.3. The van der Waals surface area contributed by atoms with Gasteiger partial charge in [0.15, 0.2) is 5.69 Å². The number of carbonyl (C=O) groups is 1. The molecule has 1 aromatic heterocycles. The number of rotatable bonds is 3. The molecule has 0 bridgehead atoms. The third-order valence-electron chi connectivity index (χ3n) is 4.49. The molecular formula is C17H20Cl2N4O. The van der Waals surface area contributed by atoms with E-state index in [1.807, 2.05) is 4.90 Å². The lowest BCUT2D eigenvalue weighted by Gasteiger charge is -2.37. The number of amides is 1. The minimum atomic E-state index is -0.0730. The summed E-state index contributed by atoms with van der Waals surface area (Å²) in [6, 6.07) is 7.03. The third-order valence-corrected chi connectivity index (χ3v) is 5.23. The Labute approximate surface area is 151 Å². The summed E-state index contributed by atoms with van der Waals surface area (Å²) in [5.41, 5.74) is 7.02. The second kappa shape index (κ2) is 7.13. The number of likely N-dealkylation sites (tertiary alicyclic amines) is 1. The molecule has 128 valence electrons. The van der Waals surface area contributed by atoms with Crippen LogP contribution in [0.25, 0.3) is 5.69 Å². The van der Waals surface area contributed by atoms with Crippen molar-refractivity contribution in [3.8, 4) is 5.69 Å². The van der Waals surface area contributed by atoms with Crippen LogP contribution in [-0.2, 0) is 0 Å². The van der Waals surface area contributed by atoms with Crippen LogP contribution in [-0.4, -0.2) is 39.7 Å². The van der Waals surface area contributed by atoms with E-state index in [0.717, 1.165) is 25.1 Å². The molecule has 7 heteroatoms. The Kier molecular flexibility index (Phi) is 5.13. The van der Waals surface area contributed by atoms with Crippen molar-refractivity contribution in [2.24, 2.45) is 11.7 Å². The van der Waals surface area contributed by atoms with Gasteiger partial charge in [0.25, 0.3) is 5.91 Å². The van der Waals surface area contributed by atoms with Crippen LogP contribution in [0.2, 0.25) is 10.0 Å². The van der Waals surface area contributed by atoms with Crippen molar-refractivity contribution >= 4 is 29.1 Å². The van der Waals surface area contributed by atoms with Gasteiger partial charge in [0, 0.05) is 25.3 Å². The zero-order valence-corrected chi connectivity index (χ0v) is 15.0. The van der Waals surface area contributed by atoms with Gasteiger partial charge in [-0.25, -0.2) is 4.68 Å². The van der Waals surface area contributed by atoms with Gasteiger partial charge in [0.05, 0.1) is 15.7 Å². The molecule has 2 atom stereocenters. The molecule has 1 saturated heterocycles. The van der Waals surface area contributed by atoms with E-state index in [0.29, 0.717) is 28.2 Å². The molecule has 1 aliphatic heterocycles. The Hall–Kier alpha value is -1.56. The summed E-state index contributed by atoms with van der Waals surface area (Å²) < 4.78 is 1.62. The molecule has 1 aliphatic rings. The summed E-state index contributed by atoms with van der Waals surface area (Å²) in [6.45, 7) is 3.40. The van der Waals surface area contributed by atoms with Crippen LogP contribution in [0.4, 0.5) is 0 Å². The molecule has 5 nitrogen and oxygen atoms in total. The monoisotopic (exact) mass is 366 g/mol. The first-order valence-electron chi connectivity index (χ1n) is 8.01. The number of hydrogen-bond donors (Lipinski definition) is 1. The largest absolute Gasteiger partial charge is 0.333 e. The molecule has 0 aliphatic carbocycles. The molecule has 0 radical (unpaired) electrons. The molecular weight excluding hydrogens is 347 g/mol. The smallest absolute Gasteiger partial charge is 0.274 e. The first kappa shape index (κ1) is 17.3. The van der Waals surface area contributed by atoms with Crippen LogP contribution in [0.1, 0.15) is 30.3 Å². The summed E-state index contributed by atoms with van der Waals surface area (Å²) in [6.07, 6.45) is 3.68. The van der Waals surface area contributed by atoms with Crippen LogP contribution < -0.4 is 5.73 Å². The Morgan fingerprint density at radius 2 is 2.12 bits per heavy atom. The van der Waals surface area contributed by atoms with E-state index < -0.39 is 0 Å². The molecule has 1 aromatic carbocycles. The first-order chi connectivity index (χ1) is 11.5. The van der Waals surface area contributed by atoms with Crippen molar-refractivity contribution in [1.29, 1.82) is 0 Å². The second-order valence-electron chi connectivity index (χ2n) is 6.26. The number of halogens is 2. The fourth-order valence-corrected chi connectivity index (χ4v) is 3.39. The van der Waals surface area contributed by atoms with E-state index in [1.165, 1.54) is 0 Å². The lowest BCUT2D eigenvalue weighted by atomic mass is 9.92. The molecule has 2 aromatic rings. The third kappa shape index (κ3) is 3.43. The molecule has 0 saturated carbocycles. The van der Waals surface area contributed by atoms with E-state index in [1.54, 1.807) is 35.1 Å². The van der Waals surface area contributed by atoms with Crippen LogP contribution >= 0.6 is 23.2 Å². The molecule has 0 spiro atoms. The summed E-state index contributed by atoms with van der Waals surface area (Å²) in [5, 5.41) is 5.33. The van der Waals surface area contributed by atoms with Crippen LogP contribution in [0.15, 0.2) is 30.5 Å². The van der Waals surface area contributed by atoms with E-state index in [4.69, 9.17) is 28.9 Å². The van der Waals surface area contributed by atoms with Gasteiger partial charge in [-0.05, 0) is 43.0 Å². The van der Waals surface area contributed by atoms with Gasteiger partial charge >= 0.3 is 0 Å². The number of aromatic nitrogens is 2. The van der Waals surface area contributed by atoms with Crippen LogP contribution in [0.3, 0.4) is 0 Å². The first-order valence-corrected chi connectivity index (χ1v) is 8.77. The maximum atomic E-state index is 12.8. The normalized spacial score (nSPS) is 21.1. The molecule has 3 rings (SSSR count). The highest BCUT2D eigenvalue weighted by molar-refractivity contribution is 6.42. The van der Waals surface area contributed by atoms with Crippen molar-refractivity contribution in [3.05, 3.63) is 46.2 Å². The van der Waals surface area contributed by atoms with Crippen LogP contribution in [0.5, 0.6) is 0 Å². The van der Waals surface area contributed by atoms with E-state index in [9.17, 15) is 4.79 Å². The fraction of sp³-hybridized carbons (Fsp3) is 0.412. The number of hydrogen-bond acceptors (Lipinski definition) is 3. The van der Waals surface area contributed by atoms with E-state index in [2.05, 4.69) is 12.0 Å².